The number of esters is 1. The largest absolute Gasteiger partial charge is 0.467 e. The van der Waals surface area contributed by atoms with E-state index in [1.54, 1.807) is 0 Å². The Bertz CT molecular complexity index is 1390. The van der Waals surface area contributed by atoms with Gasteiger partial charge in [0.05, 0.1) is 11.9 Å². The van der Waals surface area contributed by atoms with Gasteiger partial charge in [0.25, 0.3) is 0 Å². The van der Waals surface area contributed by atoms with Gasteiger partial charge in [0.15, 0.2) is 0 Å². The molecule has 4 aromatic rings. The maximum atomic E-state index is 13.6. The van der Waals surface area contributed by atoms with Gasteiger partial charge in [-0.2, -0.15) is 0 Å². The lowest BCUT2D eigenvalue weighted by Gasteiger charge is -2.36. The minimum absolute atomic E-state index is 0.0705. The highest BCUT2D eigenvalue weighted by Crippen LogP contribution is 2.48. The molecule has 2 atom stereocenters. The molecule has 0 saturated carbocycles. The average molecular weight is 611 g/mol. The van der Waals surface area contributed by atoms with Gasteiger partial charge in [0.2, 0.25) is 5.91 Å². The zero-order chi connectivity index (χ0) is 31.4. The molecule has 2 amide bonds. The maximum absolute atomic E-state index is 13.6. The highest BCUT2D eigenvalue weighted by molar-refractivity contribution is 8.00. The number of amides is 2. The van der Waals surface area contributed by atoms with E-state index in [0.29, 0.717) is 0 Å². The van der Waals surface area contributed by atoms with E-state index in [1.165, 1.54) is 18.9 Å². The second kappa shape index (κ2) is 15.8. The Morgan fingerprint density at radius 1 is 0.705 bits per heavy atom. The number of benzene rings is 4. The number of hydrogen-bond donors (Lipinski definition) is 2. The highest BCUT2D eigenvalue weighted by Gasteiger charge is 2.39. The Kier molecular flexibility index (Phi) is 11.6. The van der Waals surface area contributed by atoms with Gasteiger partial charge in [-0.05, 0) is 28.2 Å². The van der Waals surface area contributed by atoms with Crippen LogP contribution in [0.3, 0.4) is 0 Å². The number of carbonyl (C=O) groups is 3. The van der Waals surface area contributed by atoms with Gasteiger partial charge >= 0.3 is 12.1 Å². The molecule has 0 aromatic heterocycles. The van der Waals surface area contributed by atoms with Crippen LogP contribution in [-0.4, -0.2) is 42.9 Å². The van der Waals surface area contributed by atoms with Crippen LogP contribution >= 0.6 is 11.8 Å². The fourth-order valence-electron chi connectivity index (χ4n) is 4.98. The monoisotopic (exact) mass is 610 g/mol. The summed E-state index contributed by atoms with van der Waals surface area (Å²) in [7, 11) is 1.30. The molecule has 0 aliphatic carbocycles. The summed E-state index contributed by atoms with van der Waals surface area (Å²) in [5, 5.41) is 5.52. The first-order chi connectivity index (χ1) is 21.3. The van der Waals surface area contributed by atoms with Crippen molar-refractivity contribution in [2.75, 3.05) is 12.9 Å². The smallest absolute Gasteiger partial charge is 0.408 e. The van der Waals surface area contributed by atoms with Crippen molar-refractivity contribution >= 4 is 29.7 Å². The van der Waals surface area contributed by atoms with E-state index in [-0.39, 0.29) is 18.3 Å². The predicted octanol–water partition coefficient (Wildman–Crippen LogP) is 6.32. The van der Waals surface area contributed by atoms with E-state index in [1.807, 2.05) is 98.8 Å². The van der Waals surface area contributed by atoms with E-state index in [0.717, 1.165) is 22.3 Å². The molecular weight excluding hydrogens is 572 g/mol. The SMILES string of the molecule is COC(=O)[C@H](CSC(c1ccccc1)(c1ccccc1)c1ccccc1)NC(=O)[C@@H](NC(=O)OCc1ccccc1)C(C)C. The summed E-state index contributed by atoms with van der Waals surface area (Å²) in [6, 6.07) is 37.6. The normalized spacial score (nSPS) is 12.5. The first-order valence-corrected chi connectivity index (χ1v) is 15.5. The topological polar surface area (TPSA) is 93.7 Å². The summed E-state index contributed by atoms with van der Waals surface area (Å²) in [6.45, 7) is 3.70. The molecule has 0 unspecified atom stereocenters. The molecule has 0 radical (unpaired) electrons. The molecular formula is C36H38N2O5S. The molecule has 2 N–H and O–H groups in total. The van der Waals surface area contributed by atoms with Crippen molar-refractivity contribution in [1.82, 2.24) is 10.6 Å². The van der Waals surface area contributed by atoms with Crippen LogP contribution in [0.5, 0.6) is 0 Å². The van der Waals surface area contributed by atoms with Crippen LogP contribution in [0.4, 0.5) is 4.79 Å². The van der Waals surface area contributed by atoms with E-state index < -0.39 is 34.8 Å². The average Bonchev–Trinajstić information content (AvgIpc) is 3.07. The molecule has 8 heteroatoms. The van der Waals surface area contributed by atoms with Crippen molar-refractivity contribution in [3.05, 3.63) is 144 Å². The molecule has 228 valence electrons. The molecule has 4 aromatic carbocycles. The van der Waals surface area contributed by atoms with Gasteiger partial charge in [0, 0.05) is 5.75 Å². The van der Waals surface area contributed by atoms with Crippen LogP contribution in [0, 0.1) is 5.92 Å². The fraction of sp³-hybridized carbons (Fsp3) is 0.250. The highest BCUT2D eigenvalue weighted by atomic mass is 32.2. The lowest BCUT2D eigenvalue weighted by atomic mass is 9.84. The molecule has 0 aliphatic heterocycles. The van der Waals surface area contributed by atoms with Gasteiger partial charge < -0.3 is 20.1 Å². The third-order valence-electron chi connectivity index (χ3n) is 7.24. The van der Waals surface area contributed by atoms with Crippen LogP contribution in [0.2, 0.25) is 0 Å². The Labute approximate surface area is 263 Å². The summed E-state index contributed by atoms with van der Waals surface area (Å²) in [6.07, 6.45) is -0.719. The van der Waals surface area contributed by atoms with E-state index in [9.17, 15) is 14.4 Å². The molecule has 0 bridgehead atoms. The summed E-state index contributed by atoms with van der Waals surface area (Å²) < 4.78 is 9.77. The van der Waals surface area contributed by atoms with Gasteiger partial charge in [-0.15, -0.1) is 11.8 Å². The Morgan fingerprint density at radius 2 is 1.16 bits per heavy atom. The first-order valence-electron chi connectivity index (χ1n) is 14.5. The molecule has 0 spiro atoms. The van der Waals surface area contributed by atoms with Gasteiger partial charge in [0.1, 0.15) is 18.7 Å². The Morgan fingerprint density at radius 3 is 1.59 bits per heavy atom. The number of rotatable bonds is 13. The first kappa shape index (κ1) is 32.4. The third kappa shape index (κ3) is 8.08. The van der Waals surface area contributed by atoms with Crippen molar-refractivity contribution in [3.8, 4) is 0 Å². The number of alkyl carbamates (subject to hydrolysis) is 1. The summed E-state index contributed by atoms with van der Waals surface area (Å²) in [5.41, 5.74) is 3.91. The predicted molar refractivity (Wildman–Crippen MR) is 174 cm³/mol. The lowest BCUT2D eigenvalue weighted by Crippen LogP contribution is -2.54. The van der Waals surface area contributed by atoms with Gasteiger partial charge in [-0.1, -0.05) is 135 Å². The molecule has 7 nitrogen and oxygen atoms in total. The van der Waals surface area contributed by atoms with Crippen LogP contribution < -0.4 is 10.6 Å². The summed E-state index contributed by atoms with van der Waals surface area (Å²) >= 11 is 1.53. The summed E-state index contributed by atoms with van der Waals surface area (Å²) in [5.74, 6) is -1.16. The molecule has 0 heterocycles. The molecule has 0 fully saturated rings. The fourth-order valence-corrected chi connectivity index (χ4v) is 6.52. The Hall–Kier alpha value is -4.56. The second-order valence-corrected chi connectivity index (χ2v) is 11.8. The number of nitrogens with one attached hydrogen (secondary N) is 2. The van der Waals surface area contributed by atoms with Gasteiger partial charge in [-0.25, -0.2) is 9.59 Å². The van der Waals surface area contributed by atoms with Crippen LogP contribution in [-0.2, 0) is 30.4 Å². The van der Waals surface area contributed by atoms with Crippen molar-refractivity contribution < 1.29 is 23.9 Å². The lowest BCUT2D eigenvalue weighted by molar-refractivity contribution is -0.144. The van der Waals surface area contributed by atoms with Crippen LogP contribution in [0.25, 0.3) is 0 Å². The Balaban J connectivity index is 1.58. The van der Waals surface area contributed by atoms with E-state index in [4.69, 9.17) is 9.47 Å². The molecule has 44 heavy (non-hydrogen) atoms. The maximum Gasteiger partial charge on any atom is 0.408 e. The number of ether oxygens (including phenoxy) is 2. The second-order valence-electron chi connectivity index (χ2n) is 10.6. The van der Waals surface area contributed by atoms with Crippen LogP contribution in [0.15, 0.2) is 121 Å². The summed E-state index contributed by atoms with van der Waals surface area (Å²) in [4.78, 5) is 39.3. The number of methoxy groups -OCH3 is 1. The zero-order valence-corrected chi connectivity index (χ0v) is 26.0. The number of thioether (sulfide) groups is 1. The van der Waals surface area contributed by atoms with E-state index >= 15 is 0 Å². The molecule has 4 rings (SSSR count). The van der Waals surface area contributed by atoms with Crippen molar-refractivity contribution in [2.24, 2.45) is 5.92 Å². The van der Waals surface area contributed by atoms with Gasteiger partial charge in [-0.3, -0.25) is 4.79 Å². The third-order valence-corrected chi connectivity index (χ3v) is 8.89. The zero-order valence-electron chi connectivity index (χ0n) is 25.1. The van der Waals surface area contributed by atoms with E-state index in [2.05, 4.69) is 47.0 Å². The number of carbonyl (C=O) groups excluding carboxylic acids is 3. The quantitative estimate of drug-likeness (QED) is 0.136. The minimum atomic E-state index is -0.989. The van der Waals surface area contributed by atoms with Crippen molar-refractivity contribution in [2.45, 2.75) is 37.3 Å². The minimum Gasteiger partial charge on any atom is -0.467 e. The van der Waals surface area contributed by atoms with Crippen molar-refractivity contribution in [1.29, 1.82) is 0 Å². The van der Waals surface area contributed by atoms with Crippen molar-refractivity contribution in [3.63, 3.8) is 0 Å². The molecule has 0 aliphatic rings. The standard InChI is InChI=1S/C36H38N2O5S/c1-26(2)32(38-35(41)43-24-27-16-8-4-9-17-27)33(39)37-31(34(40)42-3)25-44-36(28-18-10-5-11-19-28,29-20-12-6-13-21-29)30-22-14-7-15-23-30/h4-23,26,31-32H,24-25H2,1-3H3,(H,37,39)(H,38,41)/t31-,32-/m0/s1. The van der Waals surface area contributed by atoms with Crippen LogP contribution in [0.1, 0.15) is 36.1 Å². The number of hydrogen-bond acceptors (Lipinski definition) is 6. The molecule has 0 saturated heterocycles.